The van der Waals surface area contributed by atoms with Gasteiger partial charge in [-0.15, -0.1) is 0 Å². The van der Waals surface area contributed by atoms with Crippen molar-refractivity contribution < 1.29 is 9.72 Å². The third-order valence-electron chi connectivity index (χ3n) is 1.38. The van der Waals surface area contributed by atoms with E-state index in [1.54, 1.807) is 6.07 Å². The SMILES string of the molecule is O=CNc1cccc(Br)c1[N+](=O)[O-]. The van der Waals surface area contributed by atoms with Crippen LogP contribution in [0.25, 0.3) is 0 Å². The van der Waals surface area contributed by atoms with Gasteiger partial charge in [-0.25, -0.2) is 0 Å². The van der Waals surface area contributed by atoms with Crippen molar-refractivity contribution in [2.45, 2.75) is 0 Å². The van der Waals surface area contributed by atoms with Crippen molar-refractivity contribution in [1.29, 1.82) is 0 Å². The van der Waals surface area contributed by atoms with Gasteiger partial charge in [0.2, 0.25) is 6.41 Å². The summed E-state index contributed by atoms with van der Waals surface area (Å²) in [6.07, 6.45) is 0.398. The first kappa shape index (κ1) is 9.66. The van der Waals surface area contributed by atoms with Crippen LogP contribution < -0.4 is 5.32 Å². The molecule has 0 atom stereocenters. The largest absolute Gasteiger partial charge is 0.323 e. The first-order valence-corrected chi connectivity index (χ1v) is 4.09. The molecule has 6 heteroatoms. The highest BCUT2D eigenvalue weighted by atomic mass is 79.9. The van der Waals surface area contributed by atoms with Gasteiger partial charge >= 0.3 is 5.69 Å². The highest BCUT2D eigenvalue weighted by Gasteiger charge is 2.16. The molecule has 0 fully saturated rings. The Balaban J connectivity index is 3.25. The van der Waals surface area contributed by atoms with Crippen molar-refractivity contribution in [2.75, 3.05) is 5.32 Å². The molecule has 0 saturated heterocycles. The average Bonchev–Trinajstić information content (AvgIpc) is 2.04. The van der Waals surface area contributed by atoms with Crippen LogP contribution in [0.5, 0.6) is 0 Å². The Labute approximate surface area is 82.0 Å². The van der Waals surface area contributed by atoms with Crippen molar-refractivity contribution in [3.8, 4) is 0 Å². The number of nitro groups is 1. The molecule has 0 aliphatic heterocycles. The van der Waals surface area contributed by atoms with Crippen LogP contribution in [0.1, 0.15) is 0 Å². The molecule has 1 rings (SSSR count). The standard InChI is InChI=1S/C7H5BrN2O3/c8-5-2-1-3-6(9-4-11)7(5)10(12)13/h1-4H,(H,9,11). The lowest BCUT2D eigenvalue weighted by Gasteiger charge is -2.01. The Hall–Kier alpha value is -1.43. The lowest BCUT2D eigenvalue weighted by atomic mass is 10.3. The number of anilines is 1. The molecule has 68 valence electrons. The number of benzene rings is 1. The van der Waals surface area contributed by atoms with Crippen molar-refractivity contribution >= 4 is 33.7 Å². The van der Waals surface area contributed by atoms with Gasteiger partial charge in [-0.2, -0.15) is 0 Å². The summed E-state index contributed by atoms with van der Waals surface area (Å²) in [5, 5.41) is 12.8. The molecule has 0 aliphatic carbocycles. The summed E-state index contributed by atoms with van der Waals surface area (Å²) >= 11 is 3.02. The van der Waals surface area contributed by atoms with Crippen molar-refractivity contribution in [3.63, 3.8) is 0 Å². The molecule has 0 radical (unpaired) electrons. The summed E-state index contributed by atoms with van der Waals surface area (Å²) < 4.78 is 0.337. The van der Waals surface area contributed by atoms with E-state index >= 15 is 0 Å². The van der Waals surface area contributed by atoms with Gasteiger partial charge in [-0.05, 0) is 28.1 Å². The van der Waals surface area contributed by atoms with Gasteiger partial charge in [0.05, 0.1) is 9.40 Å². The first-order valence-electron chi connectivity index (χ1n) is 3.30. The average molecular weight is 245 g/mol. The molecule has 1 aromatic carbocycles. The third kappa shape index (κ3) is 2.03. The molecule has 5 nitrogen and oxygen atoms in total. The van der Waals surface area contributed by atoms with E-state index in [9.17, 15) is 14.9 Å². The maximum atomic E-state index is 10.5. The smallest absolute Gasteiger partial charge is 0.306 e. The van der Waals surface area contributed by atoms with Gasteiger partial charge in [0.1, 0.15) is 5.69 Å². The van der Waals surface area contributed by atoms with Crippen LogP contribution in [-0.4, -0.2) is 11.3 Å². The summed E-state index contributed by atoms with van der Waals surface area (Å²) in [5.41, 5.74) is 0.0315. The number of carbonyl (C=O) groups excluding carboxylic acids is 1. The monoisotopic (exact) mass is 244 g/mol. The molecular weight excluding hydrogens is 240 g/mol. The third-order valence-corrected chi connectivity index (χ3v) is 2.02. The first-order chi connectivity index (χ1) is 6.16. The van der Waals surface area contributed by atoms with E-state index in [0.29, 0.717) is 10.9 Å². The van der Waals surface area contributed by atoms with Crippen LogP contribution in [-0.2, 0) is 4.79 Å². The summed E-state index contributed by atoms with van der Waals surface area (Å²) in [6.45, 7) is 0. The number of rotatable bonds is 3. The zero-order valence-electron chi connectivity index (χ0n) is 6.36. The normalized spacial score (nSPS) is 9.31. The van der Waals surface area contributed by atoms with Gasteiger partial charge in [0.25, 0.3) is 0 Å². The molecule has 0 saturated carbocycles. The number of halogens is 1. The van der Waals surface area contributed by atoms with Crippen LogP contribution in [0, 0.1) is 10.1 Å². The van der Waals surface area contributed by atoms with Crippen LogP contribution in [0.2, 0.25) is 0 Å². The maximum Gasteiger partial charge on any atom is 0.306 e. The number of nitrogens with zero attached hydrogens (tertiary/aromatic N) is 1. The topological polar surface area (TPSA) is 72.2 Å². The van der Waals surface area contributed by atoms with E-state index in [1.165, 1.54) is 12.1 Å². The molecule has 1 aromatic rings. The highest BCUT2D eigenvalue weighted by molar-refractivity contribution is 9.10. The van der Waals surface area contributed by atoms with E-state index in [4.69, 9.17) is 0 Å². The van der Waals surface area contributed by atoms with Crippen molar-refractivity contribution in [2.24, 2.45) is 0 Å². The molecule has 13 heavy (non-hydrogen) atoms. The van der Waals surface area contributed by atoms with Crippen LogP contribution in [0.3, 0.4) is 0 Å². The fourth-order valence-electron chi connectivity index (χ4n) is 0.881. The molecule has 0 aliphatic rings. The fourth-order valence-corrected chi connectivity index (χ4v) is 1.39. The van der Waals surface area contributed by atoms with Crippen LogP contribution in [0.4, 0.5) is 11.4 Å². The summed E-state index contributed by atoms with van der Waals surface area (Å²) in [5.74, 6) is 0. The maximum absolute atomic E-state index is 10.5. The van der Waals surface area contributed by atoms with Gasteiger partial charge < -0.3 is 5.32 Å². The number of amides is 1. The van der Waals surface area contributed by atoms with E-state index in [0.717, 1.165) is 0 Å². The molecule has 1 N–H and O–H groups in total. The van der Waals surface area contributed by atoms with Gasteiger partial charge in [0, 0.05) is 0 Å². The van der Waals surface area contributed by atoms with Crippen molar-refractivity contribution in [1.82, 2.24) is 0 Å². The minimum atomic E-state index is -0.560. The second-order valence-electron chi connectivity index (χ2n) is 2.16. The number of hydrogen-bond acceptors (Lipinski definition) is 3. The van der Waals surface area contributed by atoms with Gasteiger partial charge in [-0.3, -0.25) is 14.9 Å². The minimum Gasteiger partial charge on any atom is -0.323 e. The molecule has 1 amide bonds. The van der Waals surface area contributed by atoms with Crippen molar-refractivity contribution in [3.05, 3.63) is 32.8 Å². The Kier molecular flexibility index (Phi) is 2.97. The molecule has 0 unspecified atom stereocenters. The zero-order chi connectivity index (χ0) is 9.84. The van der Waals surface area contributed by atoms with Crippen LogP contribution >= 0.6 is 15.9 Å². The summed E-state index contributed by atoms with van der Waals surface area (Å²) in [7, 11) is 0. The minimum absolute atomic E-state index is 0.144. The Morgan fingerprint density at radius 2 is 2.23 bits per heavy atom. The quantitative estimate of drug-likeness (QED) is 0.502. The lowest BCUT2D eigenvalue weighted by molar-refractivity contribution is -0.384. The molecule has 0 aromatic heterocycles. The number of para-hydroxylation sites is 1. The Morgan fingerprint density at radius 3 is 2.77 bits per heavy atom. The number of nitrogens with one attached hydrogen (secondary N) is 1. The lowest BCUT2D eigenvalue weighted by Crippen LogP contribution is -1.99. The predicted molar refractivity (Wildman–Crippen MR) is 50.5 cm³/mol. The molecule has 0 bridgehead atoms. The fraction of sp³-hybridized carbons (Fsp3) is 0. The van der Waals surface area contributed by atoms with Gasteiger partial charge in [-0.1, -0.05) is 6.07 Å². The Bertz CT molecular complexity index is 354. The highest BCUT2D eigenvalue weighted by Crippen LogP contribution is 2.31. The second kappa shape index (κ2) is 3.99. The number of nitro benzene ring substituents is 1. The summed E-state index contributed by atoms with van der Waals surface area (Å²) in [6, 6.07) is 4.59. The molecular formula is C7H5BrN2O3. The predicted octanol–water partition coefficient (Wildman–Crippen LogP) is 1.93. The zero-order valence-corrected chi connectivity index (χ0v) is 7.95. The molecule has 0 heterocycles. The van der Waals surface area contributed by atoms with Gasteiger partial charge in [0.15, 0.2) is 0 Å². The number of hydrogen-bond donors (Lipinski definition) is 1. The Morgan fingerprint density at radius 1 is 1.54 bits per heavy atom. The van der Waals surface area contributed by atoms with E-state index in [-0.39, 0.29) is 11.4 Å². The van der Waals surface area contributed by atoms with E-state index < -0.39 is 4.92 Å². The summed E-state index contributed by atoms with van der Waals surface area (Å²) in [4.78, 5) is 20.1. The van der Waals surface area contributed by atoms with E-state index in [2.05, 4.69) is 21.2 Å². The number of carbonyl (C=O) groups is 1. The molecule has 0 spiro atoms. The van der Waals surface area contributed by atoms with Crippen LogP contribution in [0.15, 0.2) is 22.7 Å². The second-order valence-corrected chi connectivity index (χ2v) is 3.01. The van der Waals surface area contributed by atoms with E-state index in [1.807, 2.05) is 0 Å².